The molecule has 2 aromatic carbocycles. The predicted octanol–water partition coefficient (Wildman–Crippen LogP) is 3.57. The largest absolute Gasteiger partial charge is 0.397 e. The Bertz CT molecular complexity index is 875. The Balaban J connectivity index is 1.95. The normalized spacial score (nSPS) is 16.4. The van der Waals surface area contributed by atoms with Gasteiger partial charge in [0, 0.05) is 34.9 Å². The van der Waals surface area contributed by atoms with E-state index < -0.39 is 0 Å². The molecule has 2 aliphatic rings. The average molecular weight is 340 g/mol. The Morgan fingerprint density at radius 1 is 1.08 bits per heavy atom. The Kier molecular flexibility index (Phi) is 3.58. The van der Waals surface area contributed by atoms with Gasteiger partial charge in [0.15, 0.2) is 11.6 Å². The van der Waals surface area contributed by atoms with Crippen molar-refractivity contribution in [1.29, 1.82) is 0 Å². The summed E-state index contributed by atoms with van der Waals surface area (Å²) in [5, 5.41) is 3.34. The van der Waals surface area contributed by atoms with Crippen LogP contribution in [0.15, 0.2) is 35.2 Å². The van der Waals surface area contributed by atoms with Crippen LogP contribution in [0, 0.1) is 0 Å². The Hall–Kier alpha value is -2.31. The van der Waals surface area contributed by atoms with Crippen LogP contribution in [-0.2, 0) is 0 Å². The van der Waals surface area contributed by atoms with Gasteiger partial charge in [-0.15, -0.1) is 0 Å². The monoisotopic (exact) mass is 340 g/mol. The molecule has 2 aromatic rings. The molecule has 0 heterocycles. The molecular formula is C18H16N2O3S. The maximum Gasteiger partial charge on any atom is 0.196 e. The van der Waals surface area contributed by atoms with Crippen molar-refractivity contribution in [3.63, 3.8) is 0 Å². The molecule has 2 aliphatic carbocycles. The second kappa shape index (κ2) is 5.65. The van der Waals surface area contributed by atoms with Crippen molar-refractivity contribution < 1.29 is 14.1 Å². The maximum absolute atomic E-state index is 13.0. The van der Waals surface area contributed by atoms with Crippen LogP contribution < -0.4 is 11.1 Å². The summed E-state index contributed by atoms with van der Waals surface area (Å²) in [7, 11) is 0. The van der Waals surface area contributed by atoms with Gasteiger partial charge in [-0.3, -0.25) is 9.59 Å². The Labute approximate surface area is 143 Å². The number of nitrogens with one attached hydrogen (secondary N) is 1. The van der Waals surface area contributed by atoms with Crippen molar-refractivity contribution in [2.75, 3.05) is 11.1 Å². The first-order valence-electron chi connectivity index (χ1n) is 7.84. The molecule has 4 rings (SSSR count). The topological polar surface area (TPSA) is 92.4 Å². The van der Waals surface area contributed by atoms with E-state index >= 15 is 0 Å². The molecule has 4 N–H and O–H groups in total. The number of fused-ring (bicyclic) bond motifs is 2. The first-order chi connectivity index (χ1) is 11.6. The van der Waals surface area contributed by atoms with Crippen LogP contribution in [0.3, 0.4) is 0 Å². The van der Waals surface area contributed by atoms with E-state index in [1.807, 2.05) is 0 Å². The number of rotatable bonds is 3. The Morgan fingerprint density at radius 2 is 1.71 bits per heavy atom. The molecule has 0 atom stereocenters. The zero-order chi connectivity index (χ0) is 16.8. The molecule has 0 spiro atoms. The lowest BCUT2D eigenvalue weighted by atomic mass is 9.82. The van der Waals surface area contributed by atoms with E-state index in [4.69, 9.17) is 5.73 Å². The van der Waals surface area contributed by atoms with Gasteiger partial charge in [-0.05, 0) is 25.3 Å². The standard InChI is InChI=1S/C18H16N2O3S/c19-16-13(24-23)8-12(20-9-4-3-5-9)14-15(16)18(22)11-7-2-1-6-10(11)17(14)21/h1-2,6-9,20,23H,3-5,19H2. The number of ketones is 2. The molecule has 0 bridgehead atoms. The van der Waals surface area contributed by atoms with Crippen molar-refractivity contribution in [3.8, 4) is 0 Å². The first kappa shape index (κ1) is 15.2. The highest BCUT2D eigenvalue weighted by Gasteiger charge is 2.35. The van der Waals surface area contributed by atoms with Crippen LogP contribution >= 0.6 is 12.0 Å². The molecule has 0 aromatic heterocycles. The predicted molar refractivity (Wildman–Crippen MR) is 93.9 cm³/mol. The minimum atomic E-state index is -0.273. The summed E-state index contributed by atoms with van der Waals surface area (Å²) in [6.45, 7) is 0. The molecule has 0 aliphatic heterocycles. The maximum atomic E-state index is 13.0. The second-order valence-electron chi connectivity index (χ2n) is 6.15. The van der Waals surface area contributed by atoms with Gasteiger partial charge in [0.25, 0.3) is 0 Å². The van der Waals surface area contributed by atoms with E-state index in [2.05, 4.69) is 5.32 Å². The summed E-state index contributed by atoms with van der Waals surface area (Å²) in [5.41, 5.74) is 8.09. The van der Waals surface area contributed by atoms with Gasteiger partial charge in [-0.2, -0.15) is 0 Å². The van der Waals surface area contributed by atoms with Crippen LogP contribution in [0.1, 0.15) is 51.1 Å². The smallest absolute Gasteiger partial charge is 0.196 e. The lowest BCUT2D eigenvalue weighted by Crippen LogP contribution is -2.30. The van der Waals surface area contributed by atoms with Crippen molar-refractivity contribution in [2.24, 2.45) is 0 Å². The number of nitrogen functional groups attached to an aromatic ring is 1. The SMILES string of the molecule is Nc1c(SO)cc(NC2CCC2)c2c1C(=O)c1ccccc1C2=O. The molecule has 6 heteroatoms. The second-order valence-corrected chi connectivity index (χ2v) is 6.78. The number of hydrogen-bond donors (Lipinski definition) is 3. The van der Waals surface area contributed by atoms with E-state index in [-0.39, 0.29) is 28.9 Å². The summed E-state index contributed by atoms with van der Waals surface area (Å²) >= 11 is 0.491. The summed E-state index contributed by atoms with van der Waals surface area (Å²) in [6, 6.07) is 8.72. The molecule has 24 heavy (non-hydrogen) atoms. The van der Waals surface area contributed by atoms with Crippen molar-refractivity contribution in [2.45, 2.75) is 30.2 Å². The average Bonchev–Trinajstić information content (AvgIpc) is 2.56. The van der Waals surface area contributed by atoms with E-state index in [0.29, 0.717) is 39.3 Å². The molecule has 0 unspecified atom stereocenters. The number of hydrogen-bond acceptors (Lipinski definition) is 6. The fourth-order valence-electron chi connectivity index (χ4n) is 3.26. The number of anilines is 2. The molecule has 122 valence electrons. The number of carbonyl (C=O) groups is 2. The minimum absolute atomic E-state index is 0.157. The van der Waals surface area contributed by atoms with Crippen LogP contribution in [-0.4, -0.2) is 22.2 Å². The first-order valence-corrected chi connectivity index (χ1v) is 8.62. The third-order valence-corrected chi connectivity index (χ3v) is 5.30. The molecule has 0 radical (unpaired) electrons. The third-order valence-electron chi connectivity index (χ3n) is 4.76. The highest BCUT2D eigenvalue weighted by atomic mass is 32.2. The van der Waals surface area contributed by atoms with Gasteiger partial charge in [0.05, 0.1) is 21.7 Å². The molecular weight excluding hydrogens is 324 g/mol. The highest BCUT2D eigenvalue weighted by Crippen LogP contribution is 2.41. The summed E-state index contributed by atoms with van der Waals surface area (Å²) in [6.07, 6.45) is 3.20. The Morgan fingerprint density at radius 3 is 2.25 bits per heavy atom. The van der Waals surface area contributed by atoms with E-state index in [1.54, 1.807) is 30.3 Å². The lowest BCUT2D eigenvalue weighted by Gasteiger charge is -2.30. The number of benzene rings is 2. The fraction of sp³-hybridized carbons (Fsp3) is 0.222. The minimum Gasteiger partial charge on any atom is -0.397 e. The quantitative estimate of drug-likeness (QED) is 0.498. The van der Waals surface area contributed by atoms with E-state index in [0.717, 1.165) is 19.3 Å². The van der Waals surface area contributed by atoms with Crippen molar-refractivity contribution >= 4 is 35.0 Å². The molecule has 0 saturated heterocycles. The molecule has 0 amide bonds. The van der Waals surface area contributed by atoms with Crippen molar-refractivity contribution in [1.82, 2.24) is 0 Å². The lowest BCUT2D eigenvalue weighted by molar-refractivity contribution is 0.0980. The van der Waals surface area contributed by atoms with Crippen molar-refractivity contribution in [3.05, 3.63) is 52.6 Å². The number of nitrogens with two attached hydrogens (primary N) is 1. The van der Waals surface area contributed by atoms with Crippen LogP contribution in [0.2, 0.25) is 0 Å². The van der Waals surface area contributed by atoms with Crippen LogP contribution in [0.4, 0.5) is 11.4 Å². The molecule has 1 fully saturated rings. The number of carbonyl (C=O) groups excluding carboxylic acids is 2. The van der Waals surface area contributed by atoms with Gasteiger partial charge in [0.2, 0.25) is 0 Å². The van der Waals surface area contributed by atoms with Gasteiger partial charge in [-0.25, -0.2) is 0 Å². The zero-order valence-electron chi connectivity index (χ0n) is 12.8. The summed E-state index contributed by atoms with van der Waals surface area (Å²) < 4.78 is 9.51. The van der Waals surface area contributed by atoms with Gasteiger partial charge in [0.1, 0.15) is 0 Å². The fourth-order valence-corrected chi connectivity index (χ4v) is 3.63. The van der Waals surface area contributed by atoms with E-state index in [9.17, 15) is 14.1 Å². The van der Waals surface area contributed by atoms with E-state index in [1.165, 1.54) is 0 Å². The summed E-state index contributed by atoms with van der Waals surface area (Å²) in [5.74, 6) is -0.478. The molecule has 5 nitrogen and oxygen atoms in total. The van der Waals surface area contributed by atoms with Gasteiger partial charge in [-0.1, -0.05) is 24.3 Å². The van der Waals surface area contributed by atoms with Crippen LogP contribution in [0.25, 0.3) is 0 Å². The molecule has 1 saturated carbocycles. The van der Waals surface area contributed by atoms with Gasteiger partial charge < -0.3 is 15.6 Å². The van der Waals surface area contributed by atoms with Crippen LogP contribution in [0.5, 0.6) is 0 Å². The highest BCUT2D eigenvalue weighted by molar-refractivity contribution is 7.94. The summed E-state index contributed by atoms with van der Waals surface area (Å²) in [4.78, 5) is 26.3. The zero-order valence-corrected chi connectivity index (χ0v) is 13.7. The van der Waals surface area contributed by atoms with Gasteiger partial charge >= 0.3 is 0 Å². The third kappa shape index (κ3) is 2.14.